The number of rotatable bonds is 7. The first-order valence-electron chi connectivity index (χ1n) is 10.1. The first-order valence-corrected chi connectivity index (χ1v) is 10.1. The molecule has 1 heterocycles. The molecule has 1 atom stereocenters. The minimum absolute atomic E-state index is 0.0677. The highest BCUT2D eigenvalue weighted by Gasteiger charge is 2.23. The molecular weight excluding hydrogens is 331 g/mol. The average Bonchev–Trinajstić information content (AvgIpc) is 2.69. The fourth-order valence-corrected chi connectivity index (χ4v) is 4.14. The summed E-state index contributed by atoms with van der Waals surface area (Å²) >= 11 is 0. The van der Waals surface area contributed by atoms with Crippen LogP contribution in [0.25, 0.3) is 0 Å². The van der Waals surface area contributed by atoms with Gasteiger partial charge in [0.1, 0.15) is 5.82 Å². The summed E-state index contributed by atoms with van der Waals surface area (Å²) in [5.74, 6) is 0.628. The molecule has 0 bridgehead atoms. The van der Waals surface area contributed by atoms with Gasteiger partial charge in [-0.05, 0) is 30.0 Å². The first kappa shape index (κ1) is 19.3. The first-order chi connectivity index (χ1) is 12.7. The van der Waals surface area contributed by atoms with Crippen molar-refractivity contribution in [1.82, 2.24) is 10.2 Å². The van der Waals surface area contributed by atoms with Crippen molar-refractivity contribution in [3.8, 4) is 0 Å². The van der Waals surface area contributed by atoms with Gasteiger partial charge >= 0.3 is 0 Å². The Morgan fingerprint density at radius 2 is 1.85 bits per heavy atom. The van der Waals surface area contributed by atoms with Crippen LogP contribution in [0.1, 0.15) is 56.6 Å². The summed E-state index contributed by atoms with van der Waals surface area (Å²) in [6, 6.07) is 6.70. The van der Waals surface area contributed by atoms with Gasteiger partial charge in [-0.2, -0.15) is 0 Å². The summed E-state index contributed by atoms with van der Waals surface area (Å²) in [6.07, 6.45) is 8.15. The molecule has 2 aliphatic rings. The normalized spacial score (nSPS) is 20.7. The Morgan fingerprint density at radius 3 is 2.54 bits per heavy atom. The van der Waals surface area contributed by atoms with Crippen LogP contribution in [-0.4, -0.2) is 43.7 Å². The second-order valence-electron chi connectivity index (χ2n) is 7.56. The van der Waals surface area contributed by atoms with Gasteiger partial charge in [0, 0.05) is 26.1 Å². The van der Waals surface area contributed by atoms with Crippen LogP contribution in [0.3, 0.4) is 0 Å². The highest BCUT2D eigenvalue weighted by atomic mass is 19.1. The Balaban J connectivity index is 1.52. The lowest BCUT2D eigenvalue weighted by molar-refractivity contribution is -0.121. The molecule has 1 amide bonds. The lowest BCUT2D eigenvalue weighted by atomic mass is 9.86. The second-order valence-corrected chi connectivity index (χ2v) is 7.56. The van der Waals surface area contributed by atoms with E-state index in [0.717, 1.165) is 31.0 Å². The number of hydrogen-bond donors (Lipinski definition) is 1. The third-order valence-corrected chi connectivity index (χ3v) is 5.74. The van der Waals surface area contributed by atoms with Gasteiger partial charge in [-0.3, -0.25) is 9.69 Å². The van der Waals surface area contributed by atoms with Crippen LogP contribution in [0.4, 0.5) is 4.39 Å². The molecule has 4 nitrogen and oxygen atoms in total. The molecule has 1 N–H and O–H groups in total. The summed E-state index contributed by atoms with van der Waals surface area (Å²) in [5, 5.41) is 3.12. The van der Waals surface area contributed by atoms with Crippen LogP contribution >= 0.6 is 0 Å². The molecule has 1 aromatic carbocycles. The maximum Gasteiger partial charge on any atom is 0.220 e. The van der Waals surface area contributed by atoms with Gasteiger partial charge in [0.05, 0.1) is 19.3 Å². The zero-order valence-electron chi connectivity index (χ0n) is 15.6. The molecule has 3 rings (SSSR count). The van der Waals surface area contributed by atoms with Crippen LogP contribution in [0, 0.1) is 11.7 Å². The lowest BCUT2D eigenvalue weighted by Gasteiger charge is -2.35. The molecule has 0 aromatic heterocycles. The van der Waals surface area contributed by atoms with Crippen LogP contribution in [0.15, 0.2) is 24.3 Å². The molecule has 1 saturated carbocycles. The summed E-state index contributed by atoms with van der Waals surface area (Å²) < 4.78 is 18.7. The molecule has 0 spiro atoms. The van der Waals surface area contributed by atoms with Gasteiger partial charge in [0.2, 0.25) is 5.91 Å². The van der Waals surface area contributed by atoms with Gasteiger partial charge in [-0.1, -0.05) is 44.2 Å². The lowest BCUT2D eigenvalue weighted by Crippen LogP contribution is -2.43. The van der Waals surface area contributed by atoms with Crippen molar-refractivity contribution in [3.63, 3.8) is 0 Å². The van der Waals surface area contributed by atoms with Gasteiger partial charge in [0.15, 0.2) is 0 Å². The van der Waals surface area contributed by atoms with Crippen molar-refractivity contribution >= 4 is 5.91 Å². The predicted molar refractivity (Wildman–Crippen MR) is 100 cm³/mol. The number of ether oxygens (including phenoxy) is 1. The van der Waals surface area contributed by atoms with E-state index < -0.39 is 0 Å². The second kappa shape index (κ2) is 10.0. The van der Waals surface area contributed by atoms with E-state index in [-0.39, 0.29) is 17.8 Å². The quantitative estimate of drug-likeness (QED) is 0.805. The molecule has 1 saturated heterocycles. The third kappa shape index (κ3) is 5.78. The Kier molecular flexibility index (Phi) is 7.44. The minimum Gasteiger partial charge on any atom is -0.379 e. The van der Waals surface area contributed by atoms with Crippen LogP contribution < -0.4 is 5.32 Å². The van der Waals surface area contributed by atoms with Crippen molar-refractivity contribution in [3.05, 3.63) is 35.6 Å². The van der Waals surface area contributed by atoms with E-state index in [1.54, 1.807) is 0 Å². The monoisotopic (exact) mass is 362 g/mol. The predicted octanol–water partition coefficient (Wildman–Crippen LogP) is 3.68. The summed E-state index contributed by atoms with van der Waals surface area (Å²) in [5.41, 5.74) is 1.04. The van der Waals surface area contributed by atoms with Gasteiger partial charge in [-0.25, -0.2) is 4.39 Å². The summed E-state index contributed by atoms with van der Waals surface area (Å²) in [7, 11) is 0. The topological polar surface area (TPSA) is 41.6 Å². The van der Waals surface area contributed by atoms with Crippen molar-refractivity contribution < 1.29 is 13.9 Å². The molecule has 1 aliphatic heterocycles. The number of amides is 1. The largest absolute Gasteiger partial charge is 0.379 e. The van der Waals surface area contributed by atoms with Crippen LogP contribution in [0.2, 0.25) is 0 Å². The van der Waals surface area contributed by atoms with Crippen LogP contribution in [-0.2, 0) is 9.53 Å². The van der Waals surface area contributed by atoms with E-state index in [1.165, 1.54) is 44.2 Å². The highest BCUT2D eigenvalue weighted by Crippen LogP contribution is 2.27. The van der Waals surface area contributed by atoms with E-state index in [1.807, 2.05) is 12.1 Å². The fourth-order valence-electron chi connectivity index (χ4n) is 4.14. The molecule has 0 radical (unpaired) electrons. The van der Waals surface area contributed by atoms with E-state index in [4.69, 9.17) is 4.74 Å². The summed E-state index contributed by atoms with van der Waals surface area (Å²) in [4.78, 5) is 14.7. The smallest absolute Gasteiger partial charge is 0.220 e. The molecule has 0 unspecified atom stereocenters. The Labute approximate surface area is 156 Å². The number of nitrogens with zero attached hydrogens (tertiary/aromatic N) is 1. The SMILES string of the molecule is O=C(CCC1CCCCC1)NC[C@@H](c1ccc(F)cc1)N1CCOCC1. The van der Waals surface area contributed by atoms with Gasteiger partial charge in [0.25, 0.3) is 0 Å². The van der Waals surface area contributed by atoms with E-state index in [0.29, 0.717) is 26.2 Å². The maximum absolute atomic E-state index is 13.3. The standard InChI is InChI=1S/C21H31FN2O2/c22-19-9-7-18(8-10-19)20(24-12-14-26-15-13-24)16-23-21(25)11-6-17-4-2-1-3-5-17/h7-10,17,20H,1-6,11-16H2,(H,23,25)/t20-/m0/s1. The fraction of sp³-hybridized carbons (Fsp3) is 0.667. The Bertz CT molecular complexity index is 552. The molecule has 5 heteroatoms. The molecular formula is C21H31FN2O2. The van der Waals surface area contributed by atoms with Crippen molar-refractivity contribution in [2.24, 2.45) is 5.92 Å². The van der Waals surface area contributed by atoms with Gasteiger partial charge in [-0.15, -0.1) is 0 Å². The zero-order valence-corrected chi connectivity index (χ0v) is 15.6. The zero-order chi connectivity index (χ0) is 18.2. The Hall–Kier alpha value is -1.46. The number of carbonyl (C=O) groups excluding carboxylic acids is 1. The number of carbonyl (C=O) groups is 1. The number of morpholine rings is 1. The molecule has 26 heavy (non-hydrogen) atoms. The van der Waals surface area contributed by atoms with E-state index in [2.05, 4.69) is 10.2 Å². The van der Waals surface area contributed by atoms with E-state index in [9.17, 15) is 9.18 Å². The van der Waals surface area contributed by atoms with E-state index >= 15 is 0 Å². The number of halogens is 1. The van der Waals surface area contributed by atoms with Crippen molar-refractivity contribution in [1.29, 1.82) is 0 Å². The van der Waals surface area contributed by atoms with Crippen molar-refractivity contribution in [2.45, 2.75) is 51.0 Å². The number of hydrogen-bond acceptors (Lipinski definition) is 3. The molecule has 1 aromatic rings. The Morgan fingerprint density at radius 1 is 1.15 bits per heavy atom. The molecule has 2 fully saturated rings. The third-order valence-electron chi connectivity index (χ3n) is 5.74. The van der Waals surface area contributed by atoms with Gasteiger partial charge < -0.3 is 10.1 Å². The van der Waals surface area contributed by atoms with Crippen molar-refractivity contribution in [2.75, 3.05) is 32.8 Å². The minimum atomic E-state index is -0.231. The van der Waals surface area contributed by atoms with Crippen LogP contribution in [0.5, 0.6) is 0 Å². The highest BCUT2D eigenvalue weighted by molar-refractivity contribution is 5.75. The molecule has 144 valence electrons. The summed E-state index contributed by atoms with van der Waals surface area (Å²) in [6.45, 7) is 3.63. The number of nitrogens with one attached hydrogen (secondary N) is 1. The molecule has 1 aliphatic carbocycles. The number of benzene rings is 1. The maximum atomic E-state index is 13.3. The average molecular weight is 362 g/mol.